The molecule has 0 amide bonds. The van der Waals surface area contributed by atoms with Crippen molar-refractivity contribution < 1.29 is 4.74 Å². The molecule has 3 nitrogen and oxygen atoms in total. The first-order valence-electron chi connectivity index (χ1n) is 6.56. The van der Waals surface area contributed by atoms with Crippen molar-refractivity contribution in [1.29, 1.82) is 0 Å². The molecular weight excluding hydrogens is 248 g/mol. The number of nitrogens with one attached hydrogen (secondary N) is 2. The molecule has 0 spiro atoms. The van der Waals surface area contributed by atoms with Crippen molar-refractivity contribution in [3.05, 3.63) is 28.8 Å². The van der Waals surface area contributed by atoms with Crippen LogP contribution in [0.2, 0.25) is 5.02 Å². The summed E-state index contributed by atoms with van der Waals surface area (Å²) in [5.74, 6) is 0.853. The quantitative estimate of drug-likeness (QED) is 0.711. The van der Waals surface area contributed by atoms with Crippen LogP contribution in [0.3, 0.4) is 0 Å². The topological polar surface area (TPSA) is 33.3 Å². The third-order valence-electron chi connectivity index (χ3n) is 3.11. The van der Waals surface area contributed by atoms with Crippen molar-refractivity contribution in [1.82, 2.24) is 10.6 Å². The van der Waals surface area contributed by atoms with Crippen molar-refractivity contribution in [2.24, 2.45) is 0 Å². The first-order chi connectivity index (χ1) is 8.79. The Morgan fingerprint density at radius 2 is 2.17 bits per heavy atom. The van der Waals surface area contributed by atoms with Gasteiger partial charge in [0.15, 0.2) is 0 Å². The fraction of sp³-hybridized carbons (Fsp3) is 0.571. The Bertz CT molecular complexity index is 380. The zero-order chi connectivity index (χ0) is 12.8. The zero-order valence-corrected chi connectivity index (χ0v) is 11.6. The van der Waals surface area contributed by atoms with Crippen molar-refractivity contribution in [2.75, 3.05) is 20.2 Å². The molecule has 1 aliphatic carbocycles. The van der Waals surface area contributed by atoms with Gasteiger partial charge < -0.3 is 15.4 Å². The fourth-order valence-corrected chi connectivity index (χ4v) is 2.06. The van der Waals surface area contributed by atoms with E-state index in [1.807, 2.05) is 18.2 Å². The first kappa shape index (κ1) is 13.7. The second-order valence-corrected chi connectivity index (χ2v) is 5.15. The van der Waals surface area contributed by atoms with Gasteiger partial charge in [0.25, 0.3) is 0 Å². The van der Waals surface area contributed by atoms with Crippen LogP contribution in [0.1, 0.15) is 24.8 Å². The van der Waals surface area contributed by atoms with E-state index in [1.165, 1.54) is 12.8 Å². The molecule has 0 heterocycles. The standard InChI is InChI=1S/C14H21ClN2O/c1-18-14-9-12(15)4-3-11(14)10-16-7-2-8-17-13-5-6-13/h3-4,9,13,16-17H,2,5-8,10H2,1H3. The van der Waals surface area contributed by atoms with E-state index in [2.05, 4.69) is 10.6 Å². The largest absolute Gasteiger partial charge is 0.496 e. The Balaban J connectivity index is 1.65. The van der Waals surface area contributed by atoms with Gasteiger partial charge in [0, 0.05) is 23.2 Å². The van der Waals surface area contributed by atoms with Crippen LogP contribution in [-0.2, 0) is 6.54 Å². The molecule has 0 aliphatic heterocycles. The summed E-state index contributed by atoms with van der Waals surface area (Å²) in [7, 11) is 1.68. The summed E-state index contributed by atoms with van der Waals surface area (Å²) in [5, 5.41) is 7.64. The highest BCUT2D eigenvalue weighted by Crippen LogP contribution is 2.22. The average Bonchev–Trinajstić information content (AvgIpc) is 3.19. The summed E-state index contributed by atoms with van der Waals surface area (Å²) >= 11 is 5.93. The normalized spacial score (nSPS) is 14.8. The molecule has 0 unspecified atom stereocenters. The SMILES string of the molecule is COc1cc(Cl)ccc1CNCCCNC1CC1. The van der Waals surface area contributed by atoms with Gasteiger partial charge in [-0.05, 0) is 44.5 Å². The van der Waals surface area contributed by atoms with E-state index in [4.69, 9.17) is 16.3 Å². The molecule has 0 atom stereocenters. The molecule has 2 rings (SSSR count). The molecule has 1 saturated carbocycles. The summed E-state index contributed by atoms with van der Waals surface area (Å²) in [5.41, 5.74) is 1.15. The van der Waals surface area contributed by atoms with Crippen LogP contribution in [0, 0.1) is 0 Å². The van der Waals surface area contributed by atoms with Crippen molar-refractivity contribution in [2.45, 2.75) is 31.8 Å². The third kappa shape index (κ3) is 4.48. The van der Waals surface area contributed by atoms with Gasteiger partial charge in [0.1, 0.15) is 5.75 Å². The second-order valence-electron chi connectivity index (χ2n) is 4.71. The Hall–Kier alpha value is -0.770. The van der Waals surface area contributed by atoms with Crippen LogP contribution in [-0.4, -0.2) is 26.2 Å². The minimum atomic E-state index is 0.712. The third-order valence-corrected chi connectivity index (χ3v) is 3.34. The highest BCUT2D eigenvalue weighted by Gasteiger charge is 2.19. The predicted molar refractivity (Wildman–Crippen MR) is 75.4 cm³/mol. The van der Waals surface area contributed by atoms with Gasteiger partial charge in [0.2, 0.25) is 0 Å². The zero-order valence-electron chi connectivity index (χ0n) is 10.8. The summed E-state index contributed by atoms with van der Waals surface area (Å²) in [4.78, 5) is 0. The number of rotatable bonds is 8. The number of ether oxygens (including phenoxy) is 1. The number of halogens is 1. The Kier molecular flexibility index (Phi) is 5.29. The van der Waals surface area contributed by atoms with Crippen LogP contribution in [0.15, 0.2) is 18.2 Å². The van der Waals surface area contributed by atoms with E-state index in [-0.39, 0.29) is 0 Å². The van der Waals surface area contributed by atoms with Gasteiger partial charge in [-0.25, -0.2) is 0 Å². The van der Waals surface area contributed by atoms with Gasteiger partial charge in [-0.2, -0.15) is 0 Å². The van der Waals surface area contributed by atoms with Crippen LogP contribution < -0.4 is 15.4 Å². The van der Waals surface area contributed by atoms with Crippen molar-refractivity contribution in [3.63, 3.8) is 0 Å². The van der Waals surface area contributed by atoms with E-state index in [9.17, 15) is 0 Å². The molecule has 1 aliphatic rings. The Morgan fingerprint density at radius 3 is 2.89 bits per heavy atom. The fourth-order valence-electron chi connectivity index (χ4n) is 1.89. The average molecular weight is 269 g/mol. The van der Waals surface area contributed by atoms with Gasteiger partial charge >= 0.3 is 0 Å². The summed E-state index contributed by atoms with van der Waals surface area (Å²) in [6.07, 6.45) is 3.87. The smallest absolute Gasteiger partial charge is 0.124 e. The highest BCUT2D eigenvalue weighted by atomic mass is 35.5. The predicted octanol–water partition coefficient (Wildman–Crippen LogP) is 2.58. The van der Waals surface area contributed by atoms with Crippen LogP contribution in [0.4, 0.5) is 0 Å². The maximum Gasteiger partial charge on any atom is 0.124 e. The maximum atomic E-state index is 5.93. The molecule has 0 radical (unpaired) electrons. The Morgan fingerprint density at radius 1 is 1.33 bits per heavy atom. The van der Waals surface area contributed by atoms with Crippen molar-refractivity contribution in [3.8, 4) is 5.75 Å². The molecule has 1 aromatic carbocycles. The molecule has 1 fully saturated rings. The van der Waals surface area contributed by atoms with E-state index >= 15 is 0 Å². The second kappa shape index (κ2) is 6.98. The lowest BCUT2D eigenvalue weighted by atomic mass is 10.2. The molecule has 4 heteroatoms. The molecule has 0 bridgehead atoms. The minimum Gasteiger partial charge on any atom is -0.496 e. The molecule has 1 aromatic rings. The van der Waals surface area contributed by atoms with E-state index in [0.29, 0.717) is 5.02 Å². The van der Waals surface area contributed by atoms with Crippen LogP contribution in [0.5, 0.6) is 5.75 Å². The lowest BCUT2D eigenvalue weighted by molar-refractivity contribution is 0.407. The monoisotopic (exact) mass is 268 g/mol. The highest BCUT2D eigenvalue weighted by molar-refractivity contribution is 6.30. The van der Waals surface area contributed by atoms with E-state index < -0.39 is 0 Å². The minimum absolute atomic E-state index is 0.712. The molecule has 0 aromatic heterocycles. The van der Waals surface area contributed by atoms with E-state index in [1.54, 1.807) is 7.11 Å². The summed E-state index contributed by atoms with van der Waals surface area (Å²) < 4.78 is 5.31. The number of methoxy groups -OCH3 is 1. The van der Waals surface area contributed by atoms with E-state index in [0.717, 1.165) is 43.4 Å². The summed E-state index contributed by atoms with van der Waals surface area (Å²) in [6, 6.07) is 6.57. The van der Waals surface area contributed by atoms with Crippen molar-refractivity contribution >= 4 is 11.6 Å². The molecule has 18 heavy (non-hydrogen) atoms. The van der Waals surface area contributed by atoms with Crippen LogP contribution in [0.25, 0.3) is 0 Å². The maximum absolute atomic E-state index is 5.93. The molecule has 2 N–H and O–H groups in total. The van der Waals surface area contributed by atoms with Gasteiger partial charge in [-0.1, -0.05) is 17.7 Å². The molecular formula is C14H21ClN2O. The Labute approximate surface area is 114 Å². The molecule has 100 valence electrons. The summed E-state index contributed by atoms with van der Waals surface area (Å²) in [6.45, 7) is 2.95. The first-order valence-corrected chi connectivity index (χ1v) is 6.94. The van der Waals surface area contributed by atoms with Gasteiger partial charge in [-0.3, -0.25) is 0 Å². The molecule has 0 saturated heterocycles. The number of hydrogen-bond acceptors (Lipinski definition) is 3. The number of benzene rings is 1. The number of hydrogen-bond donors (Lipinski definition) is 2. The van der Waals surface area contributed by atoms with Crippen LogP contribution >= 0.6 is 11.6 Å². The lowest BCUT2D eigenvalue weighted by Crippen LogP contribution is -2.23. The van der Waals surface area contributed by atoms with Gasteiger partial charge in [-0.15, -0.1) is 0 Å². The lowest BCUT2D eigenvalue weighted by Gasteiger charge is -2.10. The van der Waals surface area contributed by atoms with Gasteiger partial charge in [0.05, 0.1) is 7.11 Å².